The van der Waals surface area contributed by atoms with Crippen LogP contribution in [0.4, 0.5) is 10.8 Å². The maximum Gasteiger partial charge on any atom is 0.311 e. The molecule has 8 heteroatoms. The van der Waals surface area contributed by atoms with Crippen molar-refractivity contribution < 1.29 is 9.66 Å². The summed E-state index contributed by atoms with van der Waals surface area (Å²) in [5, 5.41) is 22.9. The van der Waals surface area contributed by atoms with E-state index in [4.69, 9.17) is 4.74 Å². The largest absolute Gasteiger partial charge is 0.479 e. The van der Waals surface area contributed by atoms with E-state index in [1.165, 1.54) is 17.4 Å². The second-order valence-electron chi connectivity index (χ2n) is 3.72. The van der Waals surface area contributed by atoms with Crippen LogP contribution in [-0.4, -0.2) is 22.2 Å². The van der Waals surface area contributed by atoms with Crippen molar-refractivity contribution in [2.45, 2.75) is 13.5 Å². The Morgan fingerprint density at radius 2 is 2.26 bits per heavy atom. The Balaban J connectivity index is 2.17. The number of benzene rings is 1. The van der Waals surface area contributed by atoms with E-state index in [9.17, 15) is 10.1 Å². The number of hydrogen-bond acceptors (Lipinski definition) is 7. The molecule has 0 aliphatic rings. The van der Waals surface area contributed by atoms with Crippen molar-refractivity contribution in [3.8, 4) is 5.75 Å². The molecule has 100 valence electrons. The fraction of sp³-hybridized carbons (Fsp3) is 0.273. The molecule has 0 amide bonds. The first-order valence-corrected chi connectivity index (χ1v) is 6.30. The Bertz CT molecular complexity index is 599. The highest BCUT2D eigenvalue weighted by atomic mass is 32.1. The average molecular weight is 280 g/mol. The van der Waals surface area contributed by atoms with Crippen molar-refractivity contribution in [2.24, 2.45) is 0 Å². The molecule has 0 aliphatic carbocycles. The van der Waals surface area contributed by atoms with Gasteiger partial charge in [0, 0.05) is 13.1 Å². The minimum absolute atomic E-state index is 0.0432. The lowest BCUT2D eigenvalue weighted by Crippen LogP contribution is -2.00. The zero-order chi connectivity index (χ0) is 13.8. The van der Waals surface area contributed by atoms with Crippen LogP contribution in [0.15, 0.2) is 18.2 Å². The predicted octanol–water partition coefficient (Wildman–Crippen LogP) is 2.38. The molecular formula is C11H12N4O3S. The van der Waals surface area contributed by atoms with Crippen molar-refractivity contribution in [1.82, 2.24) is 10.2 Å². The molecule has 1 heterocycles. The van der Waals surface area contributed by atoms with E-state index >= 15 is 0 Å². The van der Waals surface area contributed by atoms with Gasteiger partial charge in [-0.05, 0) is 12.5 Å². The fourth-order valence-corrected chi connectivity index (χ4v) is 2.12. The van der Waals surface area contributed by atoms with Gasteiger partial charge in [-0.15, -0.1) is 10.2 Å². The summed E-state index contributed by atoms with van der Waals surface area (Å²) in [6.07, 6.45) is 0. The number of rotatable bonds is 5. The number of nitrogens with zero attached hydrogens (tertiary/aromatic N) is 3. The quantitative estimate of drug-likeness (QED) is 0.668. The number of para-hydroxylation sites is 1. The second-order valence-corrected chi connectivity index (χ2v) is 4.78. The van der Waals surface area contributed by atoms with E-state index in [0.29, 0.717) is 15.7 Å². The Hall–Kier alpha value is -2.22. The van der Waals surface area contributed by atoms with E-state index in [0.717, 1.165) is 0 Å². The van der Waals surface area contributed by atoms with Gasteiger partial charge in [0.05, 0.1) is 4.92 Å². The average Bonchev–Trinajstić information content (AvgIpc) is 2.85. The van der Waals surface area contributed by atoms with E-state index in [1.54, 1.807) is 26.1 Å². The highest BCUT2D eigenvalue weighted by molar-refractivity contribution is 7.15. The molecule has 1 aromatic carbocycles. The smallest absolute Gasteiger partial charge is 0.311 e. The number of ether oxygens (including phenoxy) is 1. The molecular weight excluding hydrogens is 268 g/mol. The zero-order valence-corrected chi connectivity index (χ0v) is 11.2. The van der Waals surface area contributed by atoms with Crippen LogP contribution in [0.25, 0.3) is 0 Å². The Kier molecular flexibility index (Phi) is 3.91. The van der Waals surface area contributed by atoms with Gasteiger partial charge in [0.15, 0.2) is 10.8 Å². The van der Waals surface area contributed by atoms with Gasteiger partial charge < -0.3 is 10.1 Å². The molecule has 0 saturated carbocycles. The lowest BCUT2D eigenvalue weighted by atomic mass is 10.2. The van der Waals surface area contributed by atoms with Gasteiger partial charge in [0.25, 0.3) is 0 Å². The SMILES string of the molecule is CNc1nnc(COc2c(C)cccc2[N+](=O)[O-])s1. The number of aryl methyl sites for hydroxylation is 1. The summed E-state index contributed by atoms with van der Waals surface area (Å²) in [6, 6.07) is 4.81. The first kappa shape index (κ1) is 13.2. The molecule has 0 atom stereocenters. The molecule has 0 aliphatic heterocycles. The molecule has 7 nitrogen and oxygen atoms in total. The van der Waals surface area contributed by atoms with Gasteiger partial charge in [0.1, 0.15) is 6.61 Å². The molecule has 1 aromatic heterocycles. The summed E-state index contributed by atoms with van der Waals surface area (Å²) in [5.41, 5.74) is 0.672. The molecule has 0 bridgehead atoms. The van der Waals surface area contributed by atoms with Crippen LogP contribution in [0.2, 0.25) is 0 Å². The van der Waals surface area contributed by atoms with Gasteiger partial charge in [-0.2, -0.15) is 0 Å². The highest BCUT2D eigenvalue weighted by Crippen LogP contribution is 2.31. The molecule has 0 unspecified atom stereocenters. The summed E-state index contributed by atoms with van der Waals surface area (Å²) in [6.45, 7) is 1.92. The Morgan fingerprint density at radius 1 is 1.47 bits per heavy atom. The number of aromatic nitrogens is 2. The minimum Gasteiger partial charge on any atom is -0.479 e. The number of nitro groups is 1. The van der Waals surface area contributed by atoms with Gasteiger partial charge in [-0.3, -0.25) is 10.1 Å². The lowest BCUT2D eigenvalue weighted by molar-refractivity contribution is -0.386. The van der Waals surface area contributed by atoms with Gasteiger partial charge >= 0.3 is 5.69 Å². The number of hydrogen-bond donors (Lipinski definition) is 1. The van der Waals surface area contributed by atoms with E-state index in [-0.39, 0.29) is 18.0 Å². The maximum atomic E-state index is 10.9. The molecule has 2 rings (SSSR count). The first-order valence-electron chi connectivity index (χ1n) is 5.48. The number of anilines is 1. The highest BCUT2D eigenvalue weighted by Gasteiger charge is 2.17. The molecule has 0 radical (unpaired) electrons. The number of nitrogens with one attached hydrogen (secondary N) is 1. The van der Waals surface area contributed by atoms with Crippen molar-refractivity contribution in [3.63, 3.8) is 0 Å². The van der Waals surface area contributed by atoms with Gasteiger partial charge in [0.2, 0.25) is 5.13 Å². The Morgan fingerprint density at radius 3 is 2.89 bits per heavy atom. The zero-order valence-electron chi connectivity index (χ0n) is 10.4. The fourth-order valence-electron chi connectivity index (χ4n) is 1.52. The summed E-state index contributed by atoms with van der Waals surface area (Å²) >= 11 is 1.34. The van der Waals surface area contributed by atoms with Crippen LogP contribution in [0.5, 0.6) is 5.75 Å². The summed E-state index contributed by atoms with van der Waals surface area (Å²) in [5.74, 6) is 0.272. The Labute approximate surface area is 113 Å². The van der Waals surface area contributed by atoms with Crippen molar-refractivity contribution in [3.05, 3.63) is 38.9 Å². The van der Waals surface area contributed by atoms with E-state index < -0.39 is 4.92 Å². The van der Waals surface area contributed by atoms with Gasteiger partial charge in [-0.25, -0.2) is 0 Å². The molecule has 2 aromatic rings. The van der Waals surface area contributed by atoms with Crippen LogP contribution < -0.4 is 10.1 Å². The molecule has 1 N–H and O–H groups in total. The predicted molar refractivity (Wildman–Crippen MR) is 71.6 cm³/mol. The topological polar surface area (TPSA) is 90.2 Å². The third kappa shape index (κ3) is 2.97. The van der Waals surface area contributed by atoms with Crippen LogP contribution in [-0.2, 0) is 6.61 Å². The summed E-state index contributed by atoms with van der Waals surface area (Å²) < 4.78 is 5.51. The normalized spacial score (nSPS) is 10.2. The van der Waals surface area contributed by atoms with E-state index in [1.807, 2.05) is 0 Å². The van der Waals surface area contributed by atoms with Crippen molar-refractivity contribution in [2.75, 3.05) is 12.4 Å². The monoisotopic (exact) mass is 280 g/mol. The molecule has 0 saturated heterocycles. The van der Waals surface area contributed by atoms with Crippen LogP contribution in [0, 0.1) is 17.0 Å². The molecule has 0 spiro atoms. The number of nitro benzene ring substituents is 1. The summed E-state index contributed by atoms with van der Waals surface area (Å²) in [7, 11) is 1.75. The maximum absolute atomic E-state index is 10.9. The summed E-state index contributed by atoms with van der Waals surface area (Å²) in [4.78, 5) is 10.5. The van der Waals surface area contributed by atoms with E-state index in [2.05, 4.69) is 15.5 Å². The van der Waals surface area contributed by atoms with Gasteiger partial charge in [-0.1, -0.05) is 23.5 Å². The van der Waals surface area contributed by atoms with Crippen LogP contribution in [0.1, 0.15) is 10.6 Å². The second kappa shape index (κ2) is 5.61. The third-order valence-corrected chi connectivity index (χ3v) is 3.32. The first-order chi connectivity index (χ1) is 9.11. The van der Waals surface area contributed by atoms with Crippen LogP contribution in [0.3, 0.4) is 0 Å². The molecule has 0 fully saturated rings. The third-order valence-electron chi connectivity index (χ3n) is 2.41. The minimum atomic E-state index is -0.457. The standard InChI is InChI=1S/C11H12N4O3S/c1-7-4-3-5-8(15(16)17)10(7)18-6-9-13-14-11(12-2)19-9/h3-5H,6H2,1-2H3,(H,12,14). The molecule has 19 heavy (non-hydrogen) atoms. The van der Waals surface area contributed by atoms with Crippen molar-refractivity contribution >= 4 is 22.2 Å². The van der Waals surface area contributed by atoms with Crippen LogP contribution >= 0.6 is 11.3 Å². The van der Waals surface area contributed by atoms with Crippen molar-refractivity contribution in [1.29, 1.82) is 0 Å². The lowest BCUT2D eigenvalue weighted by Gasteiger charge is -2.07.